The van der Waals surface area contributed by atoms with Crippen LogP contribution in [0.25, 0.3) is 0 Å². The SMILES string of the molecule is CC(CNc1ccc([N+](=O)[O-])c(C#N)c1)C(=O)O. The second-order valence-electron chi connectivity index (χ2n) is 3.72. The van der Waals surface area contributed by atoms with Crippen molar-refractivity contribution < 1.29 is 14.8 Å². The Balaban J connectivity index is 2.84. The molecule has 0 fully saturated rings. The largest absolute Gasteiger partial charge is 0.481 e. The number of nitro benzene ring substituents is 1. The molecule has 0 spiro atoms. The van der Waals surface area contributed by atoms with E-state index in [1.54, 1.807) is 6.07 Å². The molecule has 7 heteroatoms. The molecule has 0 saturated carbocycles. The van der Waals surface area contributed by atoms with Crippen LogP contribution in [0.15, 0.2) is 18.2 Å². The Morgan fingerprint density at radius 2 is 2.33 bits per heavy atom. The van der Waals surface area contributed by atoms with Crippen molar-refractivity contribution in [2.45, 2.75) is 6.92 Å². The highest BCUT2D eigenvalue weighted by atomic mass is 16.6. The number of hydrogen-bond acceptors (Lipinski definition) is 5. The van der Waals surface area contributed by atoms with Gasteiger partial charge in [-0.1, -0.05) is 6.92 Å². The monoisotopic (exact) mass is 249 g/mol. The van der Waals surface area contributed by atoms with Crippen LogP contribution in [0, 0.1) is 27.4 Å². The number of nitrogens with zero attached hydrogens (tertiary/aromatic N) is 2. The maximum Gasteiger partial charge on any atom is 0.308 e. The lowest BCUT2D eigenvalue weighted by Gasteiger charge is -2.09. The molecule has 0 amide bonds. The number of nitrogens with one attached hydrogen (secondary N) is 1. The third-order valence-electron chi connectivity index (χ3n) is 2.35. The lowest BCUT2D eigenvalue weighted by atomic mass is 10.1. The number of rotatable bonds is 5. The van der Waals surface area contributed by atoms with Crippen LogP contribution in [0.5, 0.6) is 0 Å². The molecule has 0 aromatic heterocycles. The van der Waals surface area contributed by atoms with Crippen LogP contribution in [-0.2, 0) is 4.79 Å². The Morgan fingerprint density at radius 3 is 2.83 bits per heavy atom. The minimum Gasteiger partial charge on any atom is -0.481 e. The molecular formula is C11H11N3O4. The van der Waals surface area contributed by atoms with Gasteiger partial charge in [0.25, 0.3) is 5.69 Å². The Kier molecular flexibility index (Phi) is 4.21. The molecule has 7 nitrogen and oxygen atoms in total. The van der Waals surface area contributed by atoms with Gasteiger partial charge in [-0.05, 0) is 12.1 Å². The van der Waals surface area contributed by atoms with E-state index in [1.807, 2.05) is 0 Å². The summed E-state index contributed by atoms with van der Waals surface area (Å²) >= 11 is 0. The van der Waals surface area contributed by atoms with Gasteiger partial charge in [0, 0.05) is 18.3 Å². The van der Waals surface area contributed by atoms with Gasteiger partial charge < -0.3 is 10.4 Å². The number of aliphatic carboxylic acids is 1. The zero-order valence-electron chi connectivity index (χ0n) is 9.58. The standard InChI is InChI=1S/C11H11N3O4/c1-7(11(15)16)6-13-9-2-3-10(14(17)18)8(4-9)5-12/h2-4,7,13H,6H2,1H3,(H,15,16). The summed E-state index contributed by atoms with van der Waals surface area (Å²) in [7, 11) is 0. The minimum atomic E-state index is -0.940. The first-order valence-electron chi connectivity index (χ1n) is 5.11. The average Bonchev–Trinajstić information content (AvgIpc) is 2.34. The molecule has 18 heavy (non-hydrogen) atoms. The van der Waals surface area contributed by atoms with Crippen molar-refractivity contribution in [1.29, 1.82) is 5.26 Å². The summed E-state index contributed by atoms with van der Waals surface area (Å²) in [5, 5.41) is 30.9. The van der Waals surface area contributed by atoms with E-state index in [0.717, 1.165) is 0 Å². The van der Waals surface area contributed by atoms with Crippen molar-refractivity contribution in [3.05, 3.63) is 33.9 Å². The summed E-state index contributed by atoms with van der Waals surface area (Å²) < 4.78 is 0. The number of hydrogen-bond donors (Lipinski definition) is 2. The molecule has 2 N–H and O–H groups in total. The normalized spacial score (nSPS) is 11.3. The summed E-state index contributed by atoms with van der Waals surface area (Å²) in [5.74, 6) is -1.53. The number of carboxylic acid groups (broad SMARTS) is 1. The van der Waals surface area contributed by atoms with E-state index < -0.39 is 16.8 Å². The van der Waals surface area contributed by atoms with Gasteiger partial charge in [0.15, 0.2) is 0 Å². The number of anilines is 1. The lowest BCUT2D eigenvalue weighted by molar-refractivity contribution is -0.385. The van der Waals surface area contributed by atoms with Crippen molar-refractivity contribution in [1.82, 2.24) is 0 Å². The van der Waals surface area contributed by atoms with Gasteiger partial charge in [-0.15, -0.1) is 0 Å². The van der Waals surface area contributed by atoms with Crippen LogP contribution in [0.4, 0.5) is 11.4 Å². The van der Waals surface area contributed by atoms with E-state index in [2.05, 4.69) is 5.32 Å². The molecular weight excluding hydrogens is 238 g/mol. The van der Waals surface area contributed by atoms with Crippen molar-refractivity contribution in [3.63, 3.8) is 0 Å². The summed E-state index contributed by atoms with van der Waals surface area (Å²) in [6.07, 6.45) is 0. The molecule has 0 aliphatic carbocycles. The van der Waals surface area contributed by atoms with Crippen LogP contribution < -0.4 is 5.32 Å². The van der Waals surface area contributed by atoms with Gasteiger partial charge in [-0.2, -0.15) is 5.26 Å². The minimum absolute atomic E-state index is 0.0621. The van der Waals surface area contributed by atoms with Crippen LogP contribution in [-0.4, -0.2) is 22.5 Å². The van der Waals surface area contributed by atoms with E-state index >= 15 is 0 Å². The van der Waals surface area contributed by atoms with E-state index in [-0.39, 0.29) is 17.8 Å². The number of nitriles is 1. The van der Waals surface area contributed by atoms with Crippen LogP contribution in [0.2, 0.25) is 0 Å². The third kappa shape index (κ3) is 3.18. The van der Waals surface area contributed by atoms with Gasteiger partial charge in [0.2, 0.25) is 0 Å². The van der Waals surface area contributed by atoms with E-state index in [4.69, 9.17) is 10.4 Å². The van der Waals surface area contributed by atoms with Crippen molar-refractivity contribution in [2.75, 3.05) is 11.9 Å². The fourth-order valence-corrected chi connectivity index (χ4v) is 1.25. The molecule has 1 aromatic carbocycles. The first-order valence-corrected chi connectivity index (χ1v) is 5.11. The molecule has 0 heterocycles. The van der Waals surface area contributed by atoms with Gasteiger partial charge in [-0.3, -0.25) is 14.9 Å². The average molecular weight is 249 g/mol. The van der Waals surface area contributed by atoms with Gasteiger partial charge in [-0.25, -0.2) is 0 Å². The molecule has 1 unspecified atom stereocenters. The third-order valence-corrected chi connectivity index (χ3v) is 2.35. The lowest BCUT2D eigenvalue weighted by Crippen LogP contribution is -2.19. The van der Waals surface area contributed by atoms with Crippen molar-refractivity contribution >= 4 is 17.3 Å². The van der Waals surface area contributed by atoms with Crippen LogP contribution >= 0.6 is 0 Å². The Bertz CT molecular complexity index is 522. The molecule has 0 radical (unpaired) electrons. The van der Waals surface area contributed by atoms with Crippen molar-refractivity contribution in [3.8, 4) is 6.07 Å². The zero-order valence-corrected chi connectivity index (χ0v) is 9.58. The van der Waals surface area contributed by atoms with Gasteiger partial charge in [0.05, 0.1) is 10.8 Å². The van der Waals surface area contributed by atoms with Crippen LogP contribution in [0.3, 0.4) is 0 Å². The fourth-order valence-electron chi connectivity index (χ4n) is 1.25. The first-order chi connectivity index (χ1) is 8.45. The number of benzene rings is 1. The molecule has 1 rings (SSSR count). The molecule has 1 aromatic rings. The Labute approximate surface area is 103 Å². The predicted octanol–water partition coefficient (Wildman–Crippen LogP) is 1.60. The molecule has 94 valence electrons. The molecule has 0 aliphatic heterocycles. The number of carbonyl (C=O) groups is 1. The quantitative estimate of drug-likeness (QED) is 0.604. The van der Waals surface area contributed by atoms with E-state index in [1.165, 1.54) is 25.1 Å². The fraction of sp³-hybridized carbons (Fsp3) is 0.273. The van der Waals surface area contributed by atoms with Crippen molar-refractivity contribution in [2.24, 2.45) is 5.92 Å². The second-order valence-corrected chi connectivity index (χ2v) is 3.72. The Hall–Kier alpha value is -2.62. The summed E-state index contributed by atoms with van der Waals surface area (Å²) in [6, 6.07) is 5.71. The van der Waals surface area contributed by atoms with Gasteiger partial charge >= 0.3 is 5.97 Å². The zero-order chi connectivity index (χ0) is 13.7. The topological polar surface area (TPSA) is 116 Å². The highest BCUT2D eigenvalue weighted by Crippen LogP contribution is 2.21. The maximum atomic E-state index is 10.6. The highest BCUT2D eigenvalue weighted by molar-refractivity contribution is 5.70. The predicted molar refractivity (Wildman–Crippen MR) is 63.1 cm³/mol. The first kappa shape index (κ1) is 13.4. The summed E-state index contributed by atoms with van der Waals surface area (Å²) in [6.45, 7) is 1.71. The van der Waals surface area contributed by atoms with Gasteiger partial charge in [0.1, 0.15) is 11.6 Å². The maximum absolute atomic E-state index is 10.6. The smallest absolute Gasteiger partial charge is 0.308 e. The van der Waals surface area contributed by atoms with Crippen LogP contribution in [0.1, 0.15) is 12.5 Å². The molecule has 1 atom stereocenters. The Morgan fingerprint density at radius 1 is 1.67 bits per heavy atom. The number of carboxylic acids is 1. The summed E-state index contributed by atoms with van der Waals surface area (Å²) in [4.78, 5) is 20.6. The molecule has 0 aliphatic rings. The second kappa shape index (κ2) is 5.63. The molecule has 0 bridgehead atoms. The van der Waals surface area contributed by atoms with E-state index in [0.29, 0.717) is 5.69 Å². The van der Waals surface area contributed by atoms with E-state index in [9.17, 15) is 14.9 Å². The molecule has 0 saturated heterocycles. The summed E-state index contributed by atoms with van der Waals surface area (Å²) in [5.41, 5.74) is 0.146. The number of nitro groups is 1. The highest BCUT2D eigenvalue weighted by Gasteiger charge is 2.15.